The molecule has 0 heterocycles. The summed E-state index contributed by atoms with van der Waals surface area (Å²) in [6.07, 6.45) is 1.26. The van der Waals surface area contributed by atoms with Gasteiger partial charge in [0.15, 0.2) is 0 Å². The Morgan fingerprint density at radius 1 is 1.03 bits per heavy atom. The van der Waals surface area contributed by atoms with E-state index in [1.54, 1.807) is 0 Å². The SMILES string of the molecule is O=C(CN(Cc1c(F)cccc1Cl)S(=O)(=O)c1ccc(Cl)cc1)NN=Cc1ccc(C(=O)O)cc1. The Labute approximate surface area is 210 Å². The molecule has 2 N–H and O–H groups in total. The van der Waals surface area contributed by atoms with Crippen LogP contribution in [0, 0.1) is 5.82 Å². The lowest BCUT2D eigenvalue weighted by Gasteiger charge is -2.22. The van der Waals surface area contributed by atoms with Gasteiger partial charge < -0.3 is 5.11 Å². The van der Waals surface area contributed by atoms with Crippen LogP contribution >= 0.6 is 23.2 Å². The molecular weight excluding hydrogens is 520 g/mol. The van der Waals surface area contributed by atoms with Crippen molar-refractivity contribution in [1.82, 2.24) is 9.73 Å². The largest absolute Gasteiger partial charge is 0.478 e. The third kappa shape index (κ3) is 6.86. The van der Waals surface area contributed by atoms with Gasteiger partial charge in [-0.25, -0.2) is 23.0 Å². The number of carbonyl (C=O) groups is 2. The molecule has 0 fully saturated rings. The molecule has 3 aromatic rings. The summed E-state index contributed by atoms with van der Waals surface area (Å²) in [7, 11) is -4.25. The Bertz CT molecular complexity index is 1340. The molecule has 0 aliphatic heterocycles. The summed E-state index contributed by atoms with van der Waals surface area (Å²) in [5.41, 5.74) is 2.69. The third-order valence-electron chi connectivity index (χ3n) is 4.73. The molecule has 0 aliphatic rings. The highest BCUT2D eigenvalue weighted by molar-refractivity contribution is 7.89. The molecule has 3 rings (SSSR count). The first-order valence-corrected chi connectivity index (χ1v) is 12.1. The highest BCUT2D eigenvalue weighted by Crippen LogP contribution is 2.25. The van der Waals surface area contributed by atoms with Crippen LogP contribution in [0.3, 0.4) is 0 Å². The Hall–Kier alpha value is -3.31. The maximum Gasteiger partial charge on any atom is 0.335 e. The van der Waals surface area contributed by atoms with Crippen molar-refractivity contribution in [2.24, 2.45) is 5.10 Å². The normalized spacial score (nSPS) is 11.7. The van der Waals surface area contributed by atoms with Crippen LogP contribution in [-0.4, -0.2) is 42.5 Å². The summed E-state index contributed by atoms with van der Waals surface area (Å²) in [5, 5.41) is 13.0. The van der Waals surface area contributed by atoms with E-state index in [9.17, 15) is 22.4 Å². The van der Waals surface area contributed by atoms with Crippen LogP contribution in [0.4, 0.5) is 4.39 Å². The van der Waals surface area contributed by atoms with Gasteiger partial charge in [-0.3, -0.25) is 4.79 Å². The number of hydrogen-bond acceptors (Lipinski definition) is 5. The number of sulfonamides is 1. The molecule has 8 nitrogen and oxygen atoms in total. The standard InChI is InChI=1S/C23H18Cl2FN3O5S/c24-17-8-10-18(11-9-17)35(33,34)29(13-19-20(25)2-1-3-21(19)26)14-22(30)28-27-12-15-4-6-16(7-5-15)23(31)32/h1-12H,13-14H2,(H,28,30)(H,31,32). The van der Waals surface area contributed by atoms with E-state index in [0.29, 0.717) is 10.6 Å². The molecule has 1 amide bonds. The Kier molecular flexibility index (Phi) is 8.57. The van der Waals surface area contributed by atoms with E-state index in [1.165, 1.54) is 66.9 Å². The molecule has 182 valence electrons. The lowest BCUT2D eigenvalue weighted by molar-refractivity contribution is -0.121. The zero-order valence-corrected chi connectivity index (χ0v) is 20.2. The molecule has 0 saturated heterocycles. The van der Waals surface area contributed by atoms with Crippen LogP contribution in [0.25, 0.3) is 0 Å². The van der Waals surface area contributed by atoms with Gasteiger partial charge in [0.2, 0.25) is 10.0 Å². The monoisotopic (exact) mass is 537 g/mol. The number of halogens is 3. The smallest absolute Gasteiger partial charge is 0.335 e. The number of carboxylic acids is 1. The maximum absolute atomic E-state index is 14.4. The lowest BCUT2D eigenvalue weighted by Crippen LogP contribution is -2.39. The lowest BCUT2D eigenvalue weighted by atomic mass is 10.1. The van der Waals surface area contributed by atoms with Gasteiger partial charge in [-0.05, 0) is 54.1 Å². The number of amides is 1. The Balaban J connectivity index is 1.81. The number of hydrogen-bond donors (Lipinski definition) is 2. The van der Waals surface area contributed by atoms with Gasteiger partial charge in [-0.1, -0.05) is 41.4 Å². The molecule has 0 aromatic heterocycles. The number of benzene rings is 3. The fraction of sp³-hybridized carbons (Fsp3) is 0.0870. The van der Waals surface area contributed by atoms with Crippen molar-refractivity contribution in [2.45, 2.75) is 11.4 Å². The molecule has 0 spiro atoms. The number of rotatable bonds is 9. The van der Waals surface area contributed by atoms with Gasteiger partial charge in [0.05, 0.1) is 23.2 Å². The van der Waals surface area contributed by atoms with E-state index in [-0.39, 0.29) is 21.0 Å². The Morgan fingerprint density at radius 2 is 1.69 bits per heavy atom. The summed E-state index contributed by atoms with van der Waals surface area (Å²) in [6.45, 7) is -1.20. The summed E-state index contributed by atoms with van der Waals surface area (Å²) in [4.78, 5) is 23.3. The minimum atomic E-state index is -4.25. The van der Waals surface area contributed by atoms with Gasteiger partial charge in [0.1, 0.15) is 5.82 Å². The zero-order valence-electron chi connectivity index (χ0n) is 17.9. The van der Waals surface area contributed by atoms with E-state index in [0.717, 1.165) is 10.4 Å². The highest BCUT2D eigenvalue weighted by Gasteiger charge is 2.28. The second-order valence-corrected chi connectivity index (χ2v) is 9.93. The van der Waals surface area contributed by atoms with E-state index in [1.807, 2.05) is 0 Å². The van der Waals surface area contributed by atoms with Crippen LogP contribution in [0.1, 0.15) is 21.5 Å². The summed E-state index contributed by atoms with van der Waals surface area (Å²) in [5.74, 6) is -2.61. The number of hydrazone groups is 1. The molecule has 0 saturated carbocycles. The zero-order chi connectivity index (χ0) is 25.6. The number of aromatic carboxylic acids is 1. The van der Waals surface area contributed by atoms with E-state index in [4.69, 9.17) is 28.3 Å². The minimum Gasteiger partial charge on any atom is -0.478 e. The van der Waals surface area contributed by atoms with Crippen LogP contribution in [0.5, 0.6) is 0 Å². The van der Waals surface area contributed by atoms with E-state index >= 15 is 0 Å². The van der Waals surface area contributed by atoms with Crippen LogP contribution in [-0.2, 0) is 21.4 Å². The molecule has 0 radical (unpaired) electrons. The fourth-order valence-corrected chi connectivity index (χ4v) is 4.64. The average molecular weight is 538 g/mol. The molecule has 12 heteroatoms. The molecule has 0 unspecified atom stereocenters. The topological polar surface area (TPSA) is 116 Å². The van der Waals surface area contributed by atoms with Crippen molar-refractivity contribution >= 4 is 51.3 Å². The van der Waals surface area contributed by atoms with Gasteiger partial charge >= 0.3 is 5.97 Å². The van der Waals surface area contributed by atoms with Crippen molar-refractivity contribution in [2.75, 3.05) is 6.54 Å². The number of carboxylic acid groups (broad SMARTS) is 1. The van der Waals surface area contributed by atoms with Gasteiger partial charge in [-0.15, -0.1) is 0 Å². The number of carbonyl (C=O) groups excluding carboxylic acids is 1. The molecule has 0 atom stereocenters. The van der Waals surface area contributed by atoms with Gasteiger partial charge in [0, 0.05) is 22.2 Å². The van der Waals surface area contributed by atoms with Crippen molar-refractivity contribution in [1.29, 1.82) is 0 Å². The Morgan fingerprint density at radius 3 is 2.29 bits per heavy atom. The first-order valence-electron chi connectivity index (χ1n) is 9.92. The second kappa shape index (κ2) is 11.4. The molecule has 0 aliphatic carbocycles. The van der Waals surface area contributed by atoms with Crippen LogP contribution in [0.2, 0.25) is 10.0 Å². The molecule has 0 bridgehead atoms. The molecular formula is C23H18Cl2FN3O5S. The van der Waals surface area contributed by atoms with E-state index < -0.39 is 40.8 Å². The highest BCUT2D eigenvalue weighted by atomic mass is 35.5. The predicted molar refractivity (Wildman–Crippen MR) is 130 cm³/mol. The average Bonchev–Trinajstić information content (AvgIpc) is 2.81. The van der Waals surface area contributed by atoms with E-state index in [2.05, 4.69) is 10.5 Å². The quantitative estimate of drug-likeness (QED) is 0.314. The summed E-state index contributed by atoms with van der Waals surface area (Å²) >= 11 is 11.9. The minimum absolute atomic E-state index is 0.00421. The maximum atomic E-state index is 14.4. The van der Waals surface area contributed by atoms with Crippen molar-refractivity contribution in [3.63, 3.8) is 0 Å². The second-order valence-electron chi connectivity index (χ2n) is 7.15. The summed E-state index contributed by atoms with van der Waals surface area (Å²) < 4.78 is 41.6. The number of nitrogens with zero attached hydrogens (tertiary/aromatic N) is 2. The van der Waals surface area contributed by atoms with Crippen LogP contribution in [0.15, 0.2) is 76.7 Å². The van der Waals surface area contributed by atoms with Gasteiger partial charge in [0.25, 0.3) is 5.91 Å². The third-order valence-corrected chi connectivity index (χ3v) is 7.14. The molecule has 3 aromatic carbocycles. The first kappa shape index (κ1) is 26.3. The summed E-state index contributed by atoms with van der Waals surface area (Å²) in [6, 6.07) is 14.9. The predicted octanol–water partition coefficient (Wildman–Crippen LogP) is 4.17. The van der Waals surface area contributed by atoms with Crippen molar-refractivity contribution < 1.29 is 27.5 Å². The van der Waals surface area contributed by atoms with Crippen molar-refractivity contribution in [3.05, 3.63) is 99.3 Å². The molecule has 35 heavy (non-hydrogen) atoms. The van der Waals surface area contributed by atoms with Gasteiger partial charge in [-0.2, -0.15) is 9.41 Å². The number of nitrogens with one attached hydrogen (secondary N) is 1. The van der Waals surface area contributed by atoms with Crippen molar-refractivity contribution in [3.8, 4) is 0 Å². The fourth-order valence-electron chi connectivity index (χ4n) is 2.93. The first-order chi connectivity index (χ1) is 16.6. The van der Waals surface area contributed by atoms with Crippen LogP contribution < -0.4 is 5.43 Å².